The molecule has 0 aliphatic carbocycles. The lowest BCUT2D eigenvalue weighted by Gasteiger charge is -2.33. The molecule has 3 heteroatoms. The van der Waals surface area contributed by atoms with Gasteiger partial charge in [0.1, 0.15) is 0 Å². The smallest absolute Gasteiger partial charge is 0.317 e. The van der Waals surface area contributed by atoms with Gasteiger partial charge in [-0.15, -0.1) is 0 Å². The van der Waals surface area contributed by atoms with E-state index >= 15 is 0 Å². The van der Waals surface area contributed by atoms with E-state index in [0.717, 1.165) is 38.5 Å². The van der Waals surface area contributed by atoms with Gasteiger partial charge in [0.05, 0.1) is 6.54 Å². The Bertz CT molecular complexity index is 348. The third-order valence-corrected chi connectivity index (χ3v) is 4.73. The molecule has 0 spiro atoms. The molecule has 146 valence electrons. The summed E-state index contributed by atoms with van der Waals surface area (Å²) in [6, 6.07) is 0.594. The fraction of sp³-hybridized carbons (Fsp3) is 0.773. The van der Waals surface area contributed by atoms with Crippen molar-refractivity contribution in [2.24, 2.45) is 0 Å². The number of aliphatic carboxylic acids is 1. The lowest BCUT2D eigenvalue weighted by Crippen LogP contribution is -2.43. The van der Waals surface area contributed by atoms with Gasteiger partial charge in [-0.3, -0.25) is 9.69 Å². The Morgan fingerprint density at radius 3 is 1.60 bits per heavy atom. The summed E-state index contributed by atoms with van der Waals surface area (Å²) >= 11 is 0. The second-order valence-electron chi connectivity index (χ2n) is 7.15. The molecule has 3 nitrogen and oxygen atoms in total. The zero-order chi connectivity index (χ0) is 18.9. The molecule has 0 aromatic heterocycles. The average molecular weight is 352 g/mol. The third-order valence-electron chi connectivity index (χ3n) is 4.73. The maximum atomic E-state index is 11.2. The van der Waals surface area contributed by atoms with Crippen molar-refractivity contribution in [1.82, 2.24) is 4.90 Å². The number of allylic oxidation sites excluding steroid dienone is 4. The summed E-state index contributed by atoms with van der Waals surface area (Å²) in [5, 5.41) is 9.25. The van der Waals surface area contributed by atoms with Crippen LogP contribution in [0.25, 0.3) is 0 Å². The fourth-order valence-corrected chi connectivity index (χ4v) is 3.02. The molecule has 0 aliphatic rings. The highest BCUT2D eigenvalue weighted by molar-refractivity contribution is 5.69. The van der Waals surface area contributed by atoms with Crippen molar-refractivity contribution in [3.05, 3.63) is 24.3 Å². The second kappa shape index (κ2) is 16.4. The molecule has 0 rings (SSSR count). The quantitative estimate of drug-likeness (QED) is 0.266. The molecule has 0 saturated heterocycles. The van der Waals surface area contributed by atoms with Gasteiger partial charge in [-0.05, 0) is 52.4 Å². The van der Waals surface area contributed by atoms with Crippen molar-refractivity contribution in [1.29, 1.82) is 0 Å². The van der Waals surface area contributed by atoms with Crippen LogP contribution in [-0.2, 0) is 4.79 Å². The molecular weight excluding hydrogens is 310 g/mol. The van der Waals surface area contributed by atoms with Crippen LogP contribution in [0.2, 0.25) is 0 Å². The maximum Gasteiger partial charge on any atom is 0.317 e. The molecule has 2 atom stereocenters. The first-order chi connectivity index (χ1) is 12.0. The number of unbranched alkanes of at least 4 members (excludes halogenated alkanes) is 4. The molecule has 0 saturated carbocycles. The lowest BCUT2D eigenvalue weighted by molar-refractivity contribution is -0.139. The van der Waals surface area contributed by atoms with E-state index in [1.165, 1.54) is 25.7 Å². The first kappa shape index (κ1) is 23.9. The minimum Gasteiger partial charge on any atom is -0.480 e. The summed E-state index contributed by atoms with van der Waals surface area (Å²) in [5.41, 5.74) is 0. The van der Waals surface area contributed by atoms with Gasteiger partial charge in [0.15, 0.2) is 0 Å². The Morgan fingerprint density at radius 2 is 1.24 bits per heavy atom. The fourth-order valence-electron chi connectivity index (χ4n) is 3.02. The monoisotopic (exact) mass is 351 g/mol. The Kier molecular flexibility index (Phi) is 15.7. The lowest BCUT2D eigenvalue weighted by atomic mass is 10.0. The van der Waals surface area contributed by atoms with Crippen molar-refractivity contribution >= 4 is 5.97 Å². The van der Waals surface area contributed by atoms with Gasteiger partial charge in [-0.1, -0.05) is 63.8 Å². The second-order valence-corrected chi connectivity index (χ2v) is 7.15. The first-order valence-corrected chi connectivity index (χ1v) is 10.3. The molecule has 0 bridgehead atoms. The van der Waals surface area contributed by atoms with Crippen LogP contribution in [0.15, 0.2) is 24.3 Å². The van der Waals surface area contributed by atoms with Gasteiger partial charge in [0.2, 0.25) is 0 Å². The zero-order valence-electron chi connectivity index (χ0n) is 17.0. The molecule has 0 aliphatic heterocycles. The number of carboxylic acids is 1. The van der Waals surface area contributed by atoms with Crippen LogP contribution in [0.5, 0.6) is 0 Å². The van der Waals surface area contributed by atoms with Gasteiger partial charge in [-0.25, -0.2) is 0 Å². The largest absolute Gasteiger partial charge is 0.480 e. The molecule has 0 amide bonds. The normalized spacial score (nSPS) is 14.6. The average Bonchev–Trinajstić information content (AvgIpc) is 2.58. The number of nitrogens with zero attached hydrogens (tertiary/aromatic N) is 1. The summed E-state index contributed by atoms with van der Waals surface area (Å²) < 4.78 is 0. The van der Waals surface area contributed by atoms with Crippen LogP contribution in [0.4, 0.5) is 0 Å². The first-order valence-electron chi connectivity index (χ1n) is 10.3. The topological polar surface area (TPSA) is 40.5 Å². The van der Waals surface area contributed by atoms with E-state index < -0.39 is 5.97 Å². The predicted molar refractivity (Wildman–Crippen MR) is 109 cm³/mol. The van der Waals surface area contributed by atoms with Crippen molar-refractivity contribution in [2.75, 3.05) is 6.54 Å². The van der Waals surface area contributed by atoms with Gasteiger partial charge in [0.25, 0.3) is 0 Å². The molecule has 0 aromatic carbocycles. The highest BCUT2D eigenvalue weighted by Crippen LogP contribution is 2.15. The minimum absolute atomic E-state index is 0.140. The van der Waals surface area contributed by atoms with Gasteiger partial charge < -0.3 is 5.11 Å². The third kappa shape index (κ3) is 13.8. The van der Waals surface area contributed by atoms with Gasteiger partial charge in [0, 0.05) is 12.1 Å². The van der Waals surface area contributed by atoms with Crippen LogP contribution < -0.4 is 0 Å². The van der Waals surface area contributed by atoms with E-state index in [-0.39, 0.29) is 6.54 Å². The van der Waals surface area contributed by atoms with E-state index in [9.17, 15) is 9.90 Å². The van der Waals surface area contributed by atoms with E-state index in [1.807, 2.05) is 0 Å². The number of hydrogen-bond donors (Lipinski definition) is 1. The summed E-state index contributed by atoms with van der Waals surface area (Å²) in [7, 11) is 0. The zero-order valence-corrected chi connectivity index (χ0v) is 17.0. The summed E-state index contributed by atoms with van der Waals surface area (Å²) in [4.78, 5) is 13.4. The summed E-state index contributed by atoms with van der Waals surface area (Å²) in [6.07, 6.45) is 20.4. The Hall–Kier alpha value is -1.09. The standard InChI is InChI=1S/C22H41NO2/c1-5-7-9-11-13-15-17-20(3)23(19-22(24)25)21(4)18-16-14-12-10-8-6-2/h11-14,20-21H,5-10,15-19H2,1-4H3,(H,24,25)/b13-11+,14-12+. The van der Waals surface area contributed by atoms with Crippen molar-refractivity contribution in [3.63, 3.8) is 0 Å². The van der Waals surface area contributed by atoms with Crippen LogP contribution in [0.3, 0.4) is 0 Å². The Balaban J connectivity index is 4.32. The minimum atomic E-state index is -0.726. The molecule has 0 fully saturated rings. The Labute approximate surface area is 156 Å². The van der Waals surface area contributed by atoms with E-state index in [4.69, 9.17) is 0 Å². The van der Waals surface area contributed by atoms with Crippen LogP contribution in [0.1, 0.15) is 91.9 Å². The highest BCUT2D eigenvalue weighted by atomic mass is 16.4. The summed E-state index contributed by atoms with van der Waals surface area (Å²) in [5.74, 6) is -0.726. The van der Waals surface area contributed by atoms with Crippen molar-refractivity contribution in [3.8, 4) is 0 Å². The molecule has 0 heterocycles. The number of carboxylic acid groups (broad SMARTS) is 1. The van der Waals surface area contributed by atoms with Crippen LogP contribution in [0, 0.1) is 0 Å². The van der Waals surface area contributed by atoms with Crippen LogP contribution >= 0.6 is 0 Å². The highest BCUT2D eigenvalue weighted by Gasteiger charge is 2.21. The van der Waals surface area contributed by atoms with E-state index in [2.05, 4.69) is 56.9 Å². The molecule has 0 aromatic rings. The van der Waals surface area contributed by atoms with E-state index in [1.54, 1.807) is 0 Å². The van der Waals surface area contributed by atoms with Gasteiger partial charge in [-0.2, -0.15) is 0 Å². The molecule has 2 unspecified atom stereocenters. The molecule has 0 radical (unpaired) electrons. The molecule has 1 N–H and O–H groups in total. The summed E-state index contributed by atoms with van der Waals surface area (Å²) in [6.45, 7) is 8.88. The van der Waals surface area contributed by atoms with Crippen molar-refractivity contribution < 1.29 is 9.90 Å². The maximum absolute atomic E-state index is 11.2. The molecule has 25 heavy (non-hydrogen) atoms. The SMILES string of the molecule is CCCC/C=C/CCC(C)N(CC(=O)O)C(C)CC/C=C/CCCC. The number of rotatable bonds is 16. The predicted octanol–water partition coefficient (Wildman–Crippen LogP) is 6.20. The Morgan fingerprint density at radius 1 is 0.840 bits per heavy atom. The van der Waals surface area contributed by atoms with Gasteiger partial charge >= 0.3 is 5.97 Å². The number of hydrogen-bond acceptors (Lipinski definition) is 2. The van der Waals surface area contributed by atoms with Crippen LogP contribution in [-0.4, -0.2) is 34.6 Å². The van der Waals surface area contributed by atoms with E-state index in [0.29, 0.717) is 12.1 Å². The molecular formula is C22H41NO2. The number of carbonyl (C=O) groups is 1. The van der Waals surface area contributed by atoms with Crippen molar-refractivity contribution in [2.45, 2.75) is 104 Å².